The molecule has 2 saturated heterocycles. The molecule has 2 heterocycles. The minimum Gasteiger partial charge on any atom is -0.444 e. The van der Waals surface area contributed by atoms with Crippen LogP contribution in [0.3, 0.4) is 0 Å². The molecule has 2 aromatic carbocycles. The van der Waals surface area contributed by atoms with Crippen molar-refractivity contribution in [2.45, 2.75) is 62.3 Å². The molecule has 2 N–H and O–H groups in total. The molecule has 1 amide bonds. The van der Waals surface area contributed by atoms with Crippen LogP contribution in [0.1, 0.15) is 55.0 Å². The van der Waals surface area contributed by atoms with Crippen molar-refractivity contribution in [3.05, 3.63) is 70.8 Å². The maximum absolute atomic E-state index is 13.3. The van der Waals surface area contributed by atoms with Gasteiger partial charge in [-0.3, -0.25) is 0 Å². The second-order valence-electron chi connectivity index (χ2n) is 9.42. The molecule has 2 aliphatic rings. The number of halogens is 6. The first kappa shape index (κ1) is 26.3. The van der Waals surface area contributed by atoms with E-state index < -0.39 is 46.8 Å². The lowest BCUT2D eigenvalue weighted by Crippen LogP contribution is -2.64. The van der Waals surface area contributed by atoms with Crippen LogP contribution in [0.4, 0.5) is 31.1 Å². The van der Waals surface area contributed by atoms with E-state index in [9.17, 15) is 31.1 Å². The van der Waals surface area contributed by atoms with E-state index in [2.05, 4.69) is 10.6 Å². The first-order valence-electron chi connectivity index (χ1n) is 11.4. The van der Waals surface area contributed by atoms with Crippen LogP contribution in [-0.2, 0) is 27.4 Å². The molecule has 2 unspecified atom stereocenters. The Morgan fingerprint density at radius 3 is 2.11 bits per heavy atom. The molecule has 0 radical (unpaired) electrons. The Balaban J connectivity index is 1.59. The Morgan fingerprint density at radius 2 is 1.64 bits per heavy atom. The highest BCUT2D eigenvalue weighted by molar-refractivity contribution is 5.71. The molecule has 36 heavy (non-hydrogen) atoms. The van der Waals surface area contributed by atoms with Crippen LogP contribution in [-0.4, -0.2) is 30.9 Å². The molecular weight excluding hydrogens is 490 g/mol. The molecule has 0 saturated carbocycles. The van der Waals surface area contributed by atoms with Crippen molar-refractivity contribution in [3.8, 4) is 0 Å². The SMILES string of the molecule is CC1OC(=O)NC12CC[C@@](CO[C@H](C)c1cc(C(F)(F)F)cc(C(F)(F)F)c1)(c1ccccc1)NC2. The van der Waals surface area contributed by atoms with E-state index in [0.717, 1.165) is 5.56 Å². The zero-order valence-electron chi connectivity index (χ0n) is 19.6. The van der Waals surface area contributed by atoms with E-state index in [-0.39, 0.29) is 24.3 Å². The molecule has 0 bridgehead atoms. The molecule has 1 spiro atoms. The van der Waals surface area contributed by atoms with Gasteiger partial charge in [0.15, 0.2) is 0 Å². The average Bonchev–Trinajstić information content (AvgIpc) is 3.10. The van der Waals surface area contributed by atoms with Crippen molar-refractivity contribution in [3.63, 3.8) is 0 Å². The number of carbonyl (C=O) groups excluding carboxylic acids is 1. The predicted octanol–water partition coefficient (Wildman–Crippen LogP) is 5.95. The topological polar surface area (TPSA) is 59.6 Å². The molecule has 11 heteroatoms. The van der Waals surface area contributed by atoms with Gasteiger partial charge in [-0.05, 0) is 56.0 Å². The zero-order valence-corrected chi connectivity index (χ0v) is 19.6. The quantitative estimate of drug-likeness (QED) is 0.483. The van der Waals surface area contributed by atoms with Gasteiger partial charge in [-0.2, -0.15) is 26.3 Å². The first-order chi connectivity index (χ1) is 16.7. The molecule has 2 aromatic rings. The van der Waals surface area contributed by atoms with Crippen LogP contribution in [0.25, 0.3) is 0 Å². The second kappa shape index (κ2) is 9.26. The Morgan fingerprint density at radius 1 is 1.03 bits per heavy atom. The zero-order chi connectivity index (χ0) is 26.4. The summed E-state index contributed by atoms with van der Waals surface area (Å²) in [7, 11) is 0. The minimum absolute atomic E-state index is 0.0188. The fourth-order valence-electron chi connectivity index (χ4n) is 4.79. The lowest BCUT2D eigenvalue weighted by atomic mass is 9.75. The molecule has 5 nitrogen and oxygen atoms in total. The summed E-state index contributed by atoms with van der Waals surface area (Å²) >= 11 is 0. The van der Waals surface area contributed by atoms with Gasteiger partial charge in [0, 0.05) is 6.54 Å². The van der Waals surface area contributed by atoms with E-state index in [4.69, 9.17) is 9.47 Å². The van der Waals surface area contributed by atoms with Crippen LogP contribution < -0.4 is 10.6 Å². The number of rotatable bonds is 5. The van der Waals surface area contributed by atoms with Crippen LogP contribution >= 0.6 is 0 Å². The van der Waals surface area contributed by atoms with Crippen molar-refractivity contribution in [2.24, 2.45) is 0 Å². The number of hydrogen-bond donors (Lipinski definition) is 2. The summed E-state index contributed by atoms with van der Waals surface area (Å²) < 4.78 is 91.0. The van der Waals surface area contributed by atoms with Gasteiger partial charge >= 0.3 is 18.4 Å². The highest BCUT2D eigenvalue weighted by Gasteiger charge is 2.52. The van der Waals surface area contributed by atoms with Crippen molar-refractivity contribution in [1.29, 1.82) is 0 Å². The normalized spacial score (nSPS) is 27.6. The summed E-state index contributed by atoms with van der Waals surface area (Å²) in [5.41, 5.74) is -3.54. The monoisotopic (exact) mass is 516 g/mol. The molecule has 2 aliphatic heterocycles. The number of piperidine rings is 1. The van der Waals surface area contributed by atoms with Crippen LogP contribution in [0.5, 0.6) is 0 Å². The third kappa shape index (κ3) is 5.17. The lowest BCUT2D eigenvalue weighted by Gasteiger charge is -2.46. The van der Waals surface area contributed by atoms with Crippen molar-refractivity contribution >= 4 is 6.09 Å². The number of cyclic esters (lactones) is 1. The average molecular weight is 516 g/mol. The van der Waals surface area contributed by atoms with Crippen molar-refractivity contribution in [2.75, 3.05) is 13.2 Å². The highest BCUT2D eigenvalue weighted by Crippen LogP contribution is 2.41. The molecule has 0 aliphatic carbocycles. The van der Waals surface area contributed by atoms with Gasteiger partial charge in [-0.25, -0.2) is 4.79 Å². The van der Waals surface area contributed by atoms with Gasteiger partial charge in [0.25, 0.3) is 0 Å². The van der Waals surface area contributed by atoms with Crippen LogP contribution in [0.2, 0.25) is 0 Å². The maximum Gasteiger partial charge on any atom is 0.416 e. The second-order valence-corrected chi connectivity index (χ2v) is 9.42. The molecule has 4 atom stereocenters. The summed E-state index contributed by atoms with van der Waals surface area (Å²) in [5.74, 6) is 0. The number of hydrogen-bond acceptors (Lipinski definition) is 4. The number of amides is 1. The summed E-state index contributed by atoms with van der Waals surface area (Å²) in [6.07, 6.45) is -10.8. The lowest BCUT2D eigenvalue weighted by molar-refractivity contribution is -0.143. The van der Waals surface area contributed by atoms with Gasteiger partial charge in [0.05, 0.1) is 34.9 Å². The van der Waals surface area contributed by atoms with Crippen LogP contribution in [0.15, 0.2) is 48.5 Å². The number of nitrogens with one attached hydrogen (secondary N) is 2. The van der Waals surface area contributed by atoms with Gasteiger partial charge in [0.1, 0.15) is 6.10 Å². The molecule has 2 fully saturated rings. The summed E-state index contributed by atoms with van der Waals surface area (Å²) in [6.45, 7) is 3.54. The van der Waals surface area contributed by atoms with E-state index in [1.807, 2.05) is 30.3 Å². The third-order valence-electron chi connectivity index (χ3n) is 7.14. The number of alkyl halides is 6. The number of alkyl carbamates (subject to hydrolysis) is 1. The first-order valence-corrected chi connectivity index (χ1v) is 11.4. The Hall–Kier alpha value is -2.79. The minimum atomic E-state index is -4.94. The van der Waals surface area contributed by atoms with E-state index in [1.165, 1.54) is 6.92 Å². The van der Waals surface area contributed by atoms with Crippen LogP contribution in [0, 0.1) is 0 Å². The third-order valence-corrected chi connectivity index (χ3v) is 7.14. The van der Waals surface area contributed by atoms with E-state index in [1.54, 1.807) is 6.92 Å². The Labute approximate surface area is 204 Å². The number of carbonyl (C=O) groups is 1. The Kier molecular flexibility index (Phi) is 6.76. The molecule has 4 rings (SSSR count). The molecule has 196 valence electrons. The standard InChI is InChI=1S/C25H26F6N2O3/c1-15(17-10-19(24(26,27)28)12-20(11-17)25(29,30)31)35-14-23(18-6-4-3-5-7-18)9-8-22(13-32-23)16(2)36-21(34)33-22/h3-7,10-12,15-16,32H,8-9,13-14H2,1-2H3,(H,33,34)/t15-,16?,22?,23-/m1/s1. The van der Waals surface area contributed by atoms with Gasteiger partial charge in [-0.15, -0.1) is 0 Å². The van der Waals surface area contributed by atoms with E-state index >= 15 is 0 Å². The predicted molar refractivity (Wildman–Crippen MR) is 118 cm³/mol. The fraction of sp³-hybridized carbons (Fsp3) is 0.480. The number of benzene rings is 2. The fourth-order valence-corrected chi connectivity index (χ4v) is 4.79. The van der Waals surface area contributed by atoms with Crippen molar-refractivity contribution in [1.82, 2.24) is 10.6 Å². The van der Waals surface area contributed by atoms with Gasteiger partial charge in [0.2, 0.25) is 0 Å². The summed E-state index contributed by atoms with van der Waals surface area (Å²) in [4.78, 5) is 11.8. The summed E-state index contributed by atoms with van der Waals surface area (Å²) in [5, 5.41) is 6.29. The van der Waals surface area contributed by atoms with Gasteiger partial charge < -0.3 is 20.1 Å². The summed E-state index contributed by atoms with van der Waals surface area (Å²) in [6, 6.07) is 10.7. The van der Waals surface area contributed by atoms with Crippen molar-refractivity contribution < 1.29 is 40.6 Å². The van der Waals surface area contributed by atoms with Gasteiger partial charge in [-0.1, -0.05) is 30.3 Å². The largest absolute Gasteiger partial charge is 0.444 e. The highest BCUT2D eigenvalue weighted by atomic mass is 19.4. The maximum atomic E-state index is 13.3. The molecule has 0 aromatic heterocycles. The number of ether oxygens (including phenoxy) is 2. The Bertz CT molecular complexity index is 1060. The smallest absolute Gasteiger partial charge is 0.416 e. The van der Waals surface area contributed by atoms with E-state index in [0.29, 0.717) is 31.5 Å². The molecular formula is C25H26F6N2O3.